The Labute approximate surface area is 212 Å². The first-order valence-electron chi connectivity index (χ1n) is 12.1. The number of likely N-dealkylation sites (N-methyl/N-ethyl adjacent to an activating group) is 1. The Hall–Kier alpha value is -3.18. The summed E-state index contributed by atoms with van der Waals surface area (Å²) < 4.78 is 6.06. The van der Waals surface area contributed by atoms with Crippen LogP contribution in [-0.4, -0.2) is 54.6 Å². The largest absolute Gasteiger partial charge is 0.487 e. The highest BCUT2D eigenvalue weighted by Crippen LogP contribution is 2.24. The van der Waals surface area contributed by atoms with E-state index < -0.39 is 0 Å². The normalized spacial score (nSPS) is 15.4. The summed E-state index contributed by atoms with van der Waals surface area (Å²) in [6.45, 7) is 5.72. The molecule has 1 fully saturated rings. The van der Waals surface area contributed by atoms with Crippen molar-refractivity contribution >= 4 is 34.2 Å². The lowest BCUT2D eigenvalue weighted by Crippen LogP contribution is -2.44. The maximum absolute atomic E-state index is 6.10. The summed E-state index contributed by atoms with van der Waals surface area (Å²) in [5.74, 6) is 0.842. The Balaban J connectivity index is 1.31. The fourth-order valence-corrected chi connectivity index (χ4v) is 4.46. The van der Waals surface area contributed by atoms with E-state index in [1.165, 1.54) is 11.1 Å². The van der Waals surface area contributed by atoms with E-state index in [1.54, 1.807) is 0 Å². The van der Waals surface area contributed by atoms with Gasteiger partial charge in [-0.05, 0) is 66.2 Å². The molecule has 4 nitrogen and oxygen atoms in total. The Kier molecular flexibility index (Phi) is 7.43. The topological polar surface area (TPSA) is 28.6 Å². The number of ether oxygens (including phenoxy) is 1. The van der Waals surface area contributed by atoms with Crippen LogP contribution in [0.4, 0.5) is 0 Å². The quantitative estimate of drug-likeness (QED) is 0.290. The van der Waals surface area contributed by atoms with Gasteiger partial charge >= 0.3 is 0 Å². The van der Waals surface area contributed by atoms with E-state index >= 15 is 0 Å². The number of fused-ring (bicyclic) bond motifs is 1. The van der Waals surface area contributed by atoms with Gasteiger partial charge in [-0.25, -0.2) is 4.98 Å². The molecule has 0 atom stereocenters. The first-order valence-corrected chi connectivity index (χ1v) is 12.5. The fraction of sp³-hybridized carbons (Fsp3) is 0.233. The van der Waals surface area contributed by atoms with E-state index in [0.717, 1.165) is 65.7 Å². The lowest BCUT2D eigenvalue weighted by atomic mass is 10.0. The Morgan fingerprint density at radius 3 is 2.40 bits per heavy atom. The average Bonchev–Trinajstić information content (AvgIpc) is 2.90. The molecule has 1 saturated heterocycles. The molecule has 0 spiro atoms. The highest BCUT2D eigenvalue weighted by atomic mass is 35.5. The van der Waals surface area contributed by atoms with Gasteiger partial charge in [0.15, 0.2) is 0 Å². The van der Waals surface area contributed by atoms with Crippen LogP contribution in [0.2, 0.25) is 5.02 Å². The van der Waals surface area contributed by atoms with E-state index in [0.29, 0.717) is 6.61 Å². The number of hydrogen-bond donors (Lipinski definition) is 0. The number of nitrogens with zero attached hydrogens (tertiary/aromatic N) is 3. The third-order valence-electron chi connectivity index (χ3n) is 6.47. The van der Waals surface area contributed by atoms with Crippen LogP contribution in [0.25, 0.3) is 22.6 Å². The number of pyridine rings is 1. The zero-order valence-electron chi connectivity index (χ0n) is 20.0. The minimum Gasteiger partial charge on any atom is -0.487 e. The molecule has 0 unspecified atom stereocenters. The van der Waals surface area contributed by atoms with Gasteiger partial charge in [0.2, 0.25) is 0 Å². The van der Waals surface area contributed by atoms with Crippen LogP contribution in [0.1, 0.15) is 16.8 Å². The van der Waals surface area contributed by atoms with Crippen molar-refractivity contribution in [3.05, 3.63) is 107 Å². The summed E-state index contributed by atoms with van der Waals surface area (Å²) in [7, 11) is 2.19. The van der Waals surface area contributed by atoms with Crippen LogP contribution < -0.4 is 4.74 Å². The van der Waals surface area contributed by atoms with Crippen molar-refractivity contribution in [2.45, 2.75) is 6.61 Å². The van der Waals surface area contributed by atoms with E-state index in [-0.39, 0.29) is 0 Å². The van der Waals surface area contributed by atoms with Crippen molar-refractivity contribution in [3.8, 4) is 5.75 Å². The SMILES string of the molecule is CN1CCN(C/C(=C/c2ccc(Cl)cc2)c2ccc(OCc3ccc4ccccc4n3)cc2)CC1. The van der Waals surface area contributed by atoms with Crippen molar-refractivity contribution in [3.63, 3.8) is 0 Å². The average molecular weight is 484 g/mol. The number of halogens is 1. The minimum atomic E-state index is 0.443. The molecule has 0 saturated carbocycles. The lowest BCUT2D eigenvalue weighted by Gasteiger charge is -2.33. The number of hydrogen-bond acceptors (Lipinski definition) is 4. The molecule has 35 heavy (non-hydrogen) atoms. The third-order valence-corrected chi connectivity index (χ3v) is 6.72. The maximum Gasteiger partial charge on any atom is 0.130 e. The van der Waals surface area contributed by atoms with Crippen molar-refractivity contribution < 1.29 is 4.74 Å². The Bertz CT molecular complexity index is 1290. The molecular formula is C30H30ClN3O. The lowest BCUT2D eigenvalue weighted by molar-refractivity contribution is 0.168. The molecule has 3 aromatic carbocycles. The molecule has 4 aromatic rings. The number of benzene rings is 3. The highest BCUT2D eigenvalue weighted by molar-refractivity contribution is 6.30. The standard InChI is InChI=1S/C30H30ClN3O/c1-33-16-18-34(19-17-33)21-26(20-23-6-11-27(31)12-7-23)24-9-14-29(15-10-24)35-22-28-13-8-25-4-2-3-5-30(25)32-28/h2-15,20H,16-19,21-22H2,1H3/b26-20-. The summed E-state index contributed by atoms with van der Waals surface area (Å²) >= 11 is 6.10. The molecular weight excluding hydrogens is 454 g/mol. The number of para-hydroxylation sites is 1. The van der Waals surface area contributed by atoms with Crippen LogP contribution in [-0.2, 0) is 6.61 Å². The van der Waals surface area contributed by atoms with E-state index in [2.05, 4.69) is 71.5 Å². The molecule has 5 rings (SSSR count). The molecule has 5 heteroatoms. The molecule has 0 N–H and O–H groups in total. The van der Waals surface area contributed by atoms with Crippen molar-refractivity contribution in [2.75, 3.05) is 39.8 Å². The molecule has 0 bridgehead atoms. The van der Waals surface area contributed by atoms with Gasteiger partial charge in [-0.15, -0.1) is 0 Å². The second-order valence-corrected chi connectivity index (χ2v) is 9.55. The molecule has 0 radical (unpaired) electrons. The first kappa shape index (κ1) is 23.6. The van der Waals surface area contributed by atoms with E-state index in [1.807, 2.05) is 36.4 Å². The van der Waals surface area contributed by atoms with Crippen LogP contribution >= 0.6 is 11.6 Å². The maximum atomic E-state index is 6.10. The monoisotopic (exact) mass is 483 g/mol. The molecule has 1 aliphatic rings. The first-order chi connectivity index (χ1) is 17.1. The van der Waals surface area contributed by atoms with Crippen molar-refractivity contribution in [1.29, 1.82) is 0 Å². The molecule has 1 aromatic heterocycles. The van der Waals surface area contributed by atoms with Crippen LogP contribution in [0.5, 0.6) is 5.75 Å². The number of rotatable bonds is 7. The van der Waals surface area contributed by atoms with Gasteiger partial charge in [0.1, 0.15) is 12.4 Å². The second kappa shape index (κ2) is 11.0. The van der Waals surface area contributed by atoms with E-state index in [4.69, 9.17) is 21.3 Å². The van der Waals surface area contributed by atoms with Crippen LogP contribution in [0.3, 0.4) is 0 Å². The Morgan fingerprint density at radius 2 is 1.63 bits per heavy atom. The van der Waals surface area contributed by atoms with Gasteiger partial charge < -0.3 is 9.64 Å². The summed E-state index contributed by atoms with van der Waals surface area (Å²) in [6, 6.07) is 28.7. The summed E-state index contributed by atoms with van der Waals surface area (Å²) in [6.07, 6.45) is 2.27. The zero-order chi connectivity index (χ0) is 24.0. The summed E-state index contributed by atoms with van der Waals surface area (Å²) in [4.78, 5) is 9.62. The van der Waals surface area contributed by atoms with Crippen molar-refractivity contribution in [2.24, 2.45) is 0 Å². The van der Waals surface area contributed by atoms with Gasteiger partial charge in [0.25, 0.3) is 0 Å². The van der Waals surface area contributed by atoms with Gasteiger partial charge in [-0.1, -0.05) is 60.1 Å². The smallest absolute Gasteiger partial charge is 0.130 e. The predicted molar refractivity (Wildman–Crippen MR) is 146 cm³/mol. The molecule has 0 aliphatic carbocycles. The predicted octanol–water partition coefficient (Wildman–Crippen LogP) is 6.26. The third kappa shape index (κ3) is 6.29. The summed E-state index contributed by atoms with van der Waals surface area (Å²) in [5.41, 5.74) is 5.56. The zero-order valence-corrected chi connectivity index (χ0v) is 20.8. The van der Waals surface area contributed by atoms with Gasteiger partial charge in [0.05, 0.1) is 11.2 Å². The van der Waals surface area contributed by atoms with Crippen LogP contribution in [0, 0.1) is 0 Å². The second-order valence-electron chi connectivity index (χ2n) is 9.11. The highest BCUT2D eigenvalue weighted by Gasteiger charge is 2.16. The van der Waals surface area contributed by atoms with Crippen LogP contribution in [0.15, 0.2) is 84.9 Å². The van der Waals surface area contributed by atoms with E-state index in [9.17, 15) is 0 Å². The Morgan fingerprint density at radius 1 is 0.886 bits per heavy atom. The van der Waals surface area contributed by atoms with Gasteiger partial charge in [-0.3, -0.25) is 4.90 Å². The molecule has 0 amide bonds. The molecule has 178 valence electrons. The van der Waals surface area contributed by atoms with Gasteiger partial charge in [-0.2, -0.15) is 0 Å². The van der Waals surface area contributed by atoms with Gasteiger partial charge in [0, 0.05) is 43.1 Å². The summed E-state index contributed by atoms with van der Waals surface area (Å²) in [5, 5.41) is 1.89. The fourth-order valence-electron chi connectivity index (χ4n) is 4.34. The van der Waals surface area contributed by atoms with Crippen molar-refractivity contribution in [1.82, 2.24) is 14.8 Å². The molecule has 2 heterocycles. The molecule has 1 aliphatic heterocycles. The number of aromatic nitrogens is 1. The minimum absolute atomic E-state index is 0.443. The number of piperazine rings is 1.